The molecule has 6 heteroatoms. The molecule has 0 atom stereocenters. The van der Waals surface area contributed by atoms with Crippen LogP contribution in [0.25, 0.3) is 16.6 Å². The van der Waals surface area contributed by atoms with Crippen LogP contribution in [-0.4, -0.2) is 20.3 Å². The highest BCUT2D eigenvalue weighted by Gasteiger charge is 2.16. The van der Waals surface area contributed by atoms with Crippen molar-refractivity contribution in [2.24, 2.45) is 0 Å². The Hall–Kier alpha value is -3.67. The number of fused-ring (bicyclic) bond motifs is 1. The minimum atomic E-state index is -0.524. The summed E-state index contributed by atoms with van der Waals surface area (Å²) in [7, 11) is 0. The van der Waals surface area contributed by atoms with Gasteiger partial charge >= 0.3 is 0 Å². The van der Waals surface area contributed by atoms with Crippen LogP contribution in [0.5, 0.6) is 0 Å². The molecule has 0 aliphatic carbocycles. The molecular formula is C22H20N4O2. The van der Waals surface area contributed by atoms with Crippen LogP contribution in [0, 0.1) is 6.92 Å². The van der Waals surface area contributed by atoms with Crippen molar-refractivity contribution in [2.45, 2.75) is 20.4 Å². The molecule has 2 aromatic heterocycles. The number of anilines is 1. The van der Waals surface area contributed by atoms with E-state index in [2.05, 4.69) is 21.9 Å². The van der Waals surface area contributed by atoms with Gasteiger partial charge in [-0.2, -0.15) is 5.10 Å². The molecule has 2 aromatic carbocycles. The second-order valence-corrected chi connectivity index (χ2v) is 6.58. The number of aromatic nitrogens is 3. The zero-order chi connectivity index (χ0) is 19.7. The van der Waals surface area contributed by atoms with Crippen molar-refractivity contribution in [3.8, 4) is 5.69 Å². The van der Waals surface area contributed by atoms with Crippen LogP contribution in [0.2, 0.25) is 0 Å². The van der Waals surface area contributed by atoms with E-state index in [-0.39, 0.29) is 5.69 Å². The zero-order valence-corrected chi connectivity index (χ0v) is 15.7. The second-order valence-electron chi connectivity index (χ2n) is 6.58. The Balaban J connectivity index is 1.69. The largest absolute Gasteiger partial charge is 0.348 e. The third-order valence-electron chi connectivity index (χ3n) is 4.70. The van der Waals surface area contributed by atoms with Crippen LogP contribution in [0.4, 0.5) is 5.69 Å². The van der Waals surface area contributed by atoms with Crippen molar-refractivity contribution >= 4 is 22.5 Å². The number of carbonyl (C=O) groups is 1. The number of hydrogen-bond acceptors (Lipinski definition) is 3. The van der Waals surface area contributed by atoms with Gasteiger partial charge in [0.05, 0.1) is 11.2 Å². The molecular weight excluding hydrogens is 352 g/mol. The van der Waals surface area contributed by atoms with E-state index in [1.54, 1.807) is 11.6 Å². The average molecular weight is 372 g/mol. The molecule has 0 aliphatic heterocycles. The van der Waals surface area contributed by atoms with E-state index >= 15 is 0 Å². The first-order valence-electron chi connectivity index (χ1n) is 9.13. The fourth-order valence-electron chi connectivity index (χ4n) is 3.26. The monoisotopic (exact) mass is 372 g/mol. The minimum absolute atomic E-state index is 0.138. The zero-order valence-electron chi connectivity index (χ0n) is 15.7. The summed E-state index contributed by atoms with van der Waals surface area (Å²) in [5.41, 5.74) is 2.56. The topological polar surface area (TPSA) is 68.9 Å². The van der Waals surface area contributed by atoms with Crippen LogP contribution < -0.4 is 10.7 Å². The number of aryl methyl sites for hydroxylation is 2. The maximum Gasteiger partial charge on any atom is 0.280 e. The van der Waals surface area contributed by atoms with Crippen molar-refractivity contribution in [3.05, 3.63) is 88.5 Å². The van der Waals surface area contributed by atoms with E-state index in [0.29, 0.717) is 11.4 Å². The van der Waals surface area contributed by atoms with Crippen LogP contribution in [0.3, 0.4) is 0 Å². The third-order valence-corrected chi connectivity index (χ3v) is 4.70. The molecule has 4 rings (SSSR count). The van der Waals surface area contributed by atoms with Crippen LogP contribution in [0.15, 0.2) is 71.7 Å². The molecule has 140 valence electrons. The molecule has 0 bridgehead atoms. The van der Waals surface area contributed by atoms with Gasteiger partial charge in [0.1, 0.15) is 0 Å². The van der Waals surface area contributed by atoms with Gasteiger partial charge in [-0.1, -0.05) is 24.3 Å². The maximum atomic E-state index is 12.8. The molecule has 0 radical (unpaired) electrons. The Bertz CT molecular complexity index is 1220. The fourth-order valence-corrected chi connectivity index (χ4v) is 3.26. The Morgan fingerprint density at radius 2 is 1.86 bits per heavy atom. The number of para-hydroxylation sites is 1. The standard InChI is InChI=1S/C22H20N4O2/c1-3-25-12-11-16-9-10-17(14-19(16)25)23-22(28)21-20(27)13-15(2)26(24-21)18-7-5-4-6-8-18/h4-14H,3H2,1-2H3,(H,23,28). The smallest absolute Gasteiger partial charge is 0.280 e. The number of amides is 1. The van der Waals surface area contributed by atoms with Gasteiger partial charge in [0.25, 0.3) is 5.91 Å². The summed E-state index contributed by atoms with van der Waals surface area (Å²) in [6.45, 7) is 4.69. The Labute approximate surface area is 162 Å². The average Bonchev–Trinajstić information content (AvgIpc) is 3.11. The Morgan fingerprint density at radius 3 is 2.61 bits per heavy atom. The fraction of sp³-hybridized carbons (Fsp3) is 0.136. The summed E-state index contributed by atoms with van der Waals surface area (Å²) >= 11 is 0. The van der Waals surface area contributed by atoms with E-state index in [1.807, 2.05) is 60.8 Å². The predicted octanol–water partition coefficient (Wildman–Crippen LogP) is 3.77. The lowest BCUT2D eigenvalue weighted by Gasteiger charge is -2.11. The summed E-state index contributed by atoms with van der Waals surface area (Å²) in [6, 6.07) is 18.5. The van der Waals surface area contributed by atoms with E-state index in [1.165, 1.54) is 6.07 Å². The van der Waals surface area contributed by atoms with E-state index < -0.39 is 11.3 Å². The van der Waals surface area contributed by atoms with Crippen LogP contribution >= 0.6 is 0 Å². The van der Waals surface area contributed by atoms with E-state index in [9.17, 15) is 9.59 Å². The molecule has 6 nitrogen and oxygen atoms in total. The predicted molar refractivity (Wildman–Crippen MR) is 110 cm³/mol. The van der Waals surface area contributed by atoms with Crippen LogP contribution in [-0.2, 0) is 6.54 Å². The second kappa shape index (κ2) is 7.15. The Morgan fingerprint density at radius 1 is 1.07 bits per heavy atom. The lowest BCUT2D eigenvalue weighted by atomic mass is 10.2. The highest BCUT2D eigenvalue weighted by molar-refractivity contribution is 6.03. The van der Waals surface area contributed by atoms with E-state index in [4.69, 9.17) is 0 Å². The Kier molecular flexibility index (Phi) is 4.53. The highest BCUT2D eigenvalue weighted by Crippen LogP contribution is 2.21. The number of benzene rings is 2. The maximum absolute atomic E-state index is 12.8. The first-order chi connectivity index (χ1) is 13.6. The molecule has 1 N–H and O–H groups in total. The number of hydrogen-bond donors (Lipinski definition) is 1. The summed E-state index contributed by atoms with van der Waals surface area (Å²) in [4.78, 5) is 25.2. The van der Waals surface area contributed by atoms with Gasteiger partial charge in [-0.3, -0.25) is 9.59 Å². The van der Waals surface area contributed by atoms with Gasteiger partial charge < -0.3 is 9.88 Å². The molecule has 0 aliphatic rings. The normalized spacial score (nSPS) is 10.9. The number of nitrogens with zero attached hydrogens (tertiary/aromatic N) is 3. The number of carbonyl (C=O) groups excluding carboxylic acids is 1. The van der Waals surface area contributed by atoms with Gasteiger partial charge in [-0.15, -0.1) is 0 Å². The summed E-state index contributed by atoms with van der Waals surface area (Å²) in [5, 5.41) is 8.21. The molecule has 0 saturated carbocycles. The van der Waals surface area contributed by atoms with E-state index in [0.717, 1.165) is 23.1 Å². The molecule has 2 heterocycles. The van der Waals surface area contributed by atoms with Gasteiger partial charge in [0, 0.05) is 30.2 Å². The van der Waals surface area contributed by atoms with Crippen molar-refractivity contribution in [2.75, 3.05) is 5.32 Å². The number of nitrogens with one attached hydrogen (secondary N) is 1. The lowest BCUT2D eigenvalue weighted by Crippen LogP contribution is -2.26. The lowest BCUT2D eigenvalue weighted by molar-refractivity contribution is 0.101. The molecule has 0 spiro atoms. The summed E-state index contributed by atoms with van der Waals surface area (Å²) in [6.07, 6.45) is 2.01. The first kappa shape index (κ1) is 17.7. The molecule has 0 saturated heterocycles. The molecule has 0 fully saturated rings. The van der Waals surface area contributed by atoms with Crippen molar-refractivity contribution < 1.29 is 4.79 Å². The third kappa shape index (κ3) is 3.20. The highest BCUT2D eigenvalue weighted by atomic mass is 16.2. The van der Waals surface area contributed by atoms with Crippen molar-refractivity contribution in [3.63, 3.8) is 0 Å². The van der Waals surface area contributed by atoms with Crippen molar-refractivity contribution in [1.29, 1.82) is 0 Å². The molecule has 1 amide bonds. The summed E-state index contributed by atoms with van der Waals surface area (Å²) in [5.74, 6) is -0.524. The van der Waals surface area contributed by atoms with Gasteiger partial charge in [0.2, 0.25) is 5.43 Å². The van der Waals surface area contributed by atoms with Crippen LogP contribution in [0.1, 0.15) is 23.1 Å². The molecule has 0 unspecified atom stereocenters. The van der Waals surface area contributed by atoms with Gasteiger partial charge in [-0.25, -0.2) is 4.68 Å². The quantitative estimate of drug-likeness (QED) is 0.593. The molecule has 4 aromatic rings. The summed E-state index contributed by atoms with van der Waals surface area (Å²) < 4.78 is 3.69. The van der Waals surface area contributed by atoms with Crippen molar-refractivity contribution in [1.82, 2.24) is 14.3 Å². The SMILES string of the molecule is CCn1ccc2ccc(NC(=O)c3nn(-c4ccccc4)c(C)cc3=O)cc21. The molecule has 28 heavy (non-hydrogen) atoms. The first-order valence-corrected chi connectivity index (χ1v) is 9.13. The number of rotatable bonds is 4. The van der Waals surface area contributed by atoms with Gasteiger partial charge in [0.15, 0.2) is 5.69 Å². The van der Waals surface area contributed by atoms with Gasteiger partial charge in [-0.05, 0) is 49.6 Å². The minimum Gasteiger partial charge on any atom is -0.348 e.